The number of para-hydroxylation sites is 1. The molecule has 0 aliphatic carbocycles. The van der Waals surface area contributed by atoms with Crippen molar-refractivity contribution in [2.24, 2.45) is 0 Å². The fourth-order valence-corrected chi connectivity index (χ4v) is 1.95. The van der Waals surface area contributed by atoms with Gasteiger partial charge < -0.3 is 4.74 Å². The second-order valence-corrected chi connectivity index (χ2v) is 4.29. The summed E-state index contributed by atoms with van der Waals surface area (Å²) in [6.45, 7) is 2.79. The first-order valence-electron chi connectivity index (χ1n) is 5.89. The average molecular weight is 275 g/mol. The van der Waals surface area contributed by atoms with Crippen LogP contribution < -0.4 is 4.74 Å². The number of hydrogen-bond acceptors (Lipinski definition) is 4. The molecule has 0 fully saturated rings. The van der Waals surface area contributed by atoms with Crippen molar-refractivity contribution in [3.8, 4) is 11.6 Å². The van der Waals surface area contributed by atoms with Gasteiger partial charge >= 0.3 is 0 Å². The van der Waals surface area contributed by atoms with E-state index in [4.69, 9.17) is 16.3 Å². The molecule has 0 atom stereocenters. The monoisotopic (exact) mass is 274 g/mol. The number of rotatable bonds is 3. The molecule has 1 aromatic carbocycles. The predicted octanol–water partition coefficient (Wildman–Crippen LogP) is 3.29. The Hall–Kier alpha value is -2.14. The molecule has 0 saturated heterocycles. The van der Waals surface area contributed by atoms with E-state index in [1.165, 1.54) is 0 Å². The highest BCUT2D eigenvalue weighted by atomic mass is 35.5. The molecule has 0 saturated carbocycles. The Morgan fingerprint density at radius 1 is 1.26 bits per heavy atom. The largest absolute Gasteiger partial charge is 0.435 e. The maximum atomic E-state index is 5.90. The maximum Gasteiger partial charge on any atom is 0.231 e. The van der Waals surface area contributed by atoms with E-state index in [9.17, 15) is 0 Å². The highest BCUT2D eigenvalue weighted by Gasteiger charge is 2.09. The molecule has 0 aliphatic heterocycles. The summed E-state index contributed by atoms with van der Waals surface area (Å²) in [7, 11) is 0. The fraction of sp³-hybridized carbons (Fsp3) is 0.154. The summed E-state index contributed by atoms with van der Waals surface area (Å²) in [6.07, 6.45) is 3.46. The molecule has 5 nitrogen and oxygen atoms in total. The second kappa shape index (κ2) is 4.85. The molecular weight excluding hydrogens is 264 g/mol. The molecule has 2 heterocycles. The Morgan fingerprint density at radius 2 is 2.11 bits per heavy atom. The number of ether oxygens (including phenoxy) is 1. The Kier molecular flexibility index (Phi) is 3.05. The van der Waals surface area contributed by atoms with Crippen LogP contribution in [0.15, 0.2) is 36.7 Å². The van der Waals surface area contributed by atoms with Gasteiger partial charge in [-0.05, 0) is 30.7 Å². The van der Waals surface area contributed by atoms with E-state index in [0.29, 0.717) is 11.6 Å². The van der Waals surface area contributed by atoms with Crippen LogP contribution >= 0.6 is 11.6 Å². The van der Waals surface area contributed by atoms with Crippen molar-refractivity contribution in [3.63, 3.8) is 0 Å². The Morgan fingerprint density at radius 3 is 2.89 bits per heavy atom. The zero-order valence-corrected chi connectivity index (χ0v) is 11.0. The lowest BCUT2D eigenvalue weighted by atomic mass is 10.2. The molecule has 0 radical (unpaired) electrons. The molecule has 6 heteroatoms. The molecule has 3 aromatic rings. The number of benzene rings is 1. The molecule has 0 aliphatic rings. The van der Waals surface area contributed by atoms with Gasteiger partial charge in [0, 0.05) is 6.54 Å². The molecule has 96 valence electrons. The second-order valence-electron chi connectivity index (χ2n) is 3.95. The van der Waals surface area contributed by atoms with Gasteiger partial charge in [-0.25, -0.2) is 4.98 Å². The van der Waals surface area contributed by atoms with E-state index in [-0.39, 0.29) is 5.28 Å². The number of aromatic nitrogens is 4. The van der Waals surface area contributed by atoms with E-state index in [0.717, 1.165) is 17.4 Å². The van der Waals surface area contributed by atoms with Crippen molar-refractivity contribution >= 4 is 22.5 Å². The third-order valence-electron chi connectivity index (χ3n) is 2.69. The van der Waals surface area contributed by atoms with Crippen molar-refractivity contribution < 1.29 is 4.74 Å². The van der Waals surface area contributed by atoms with Crippen molar-refractivity contribution in [2.45, 2.75) is 13.5 Å². The lowest BCUT2D eigenvalue weighted by Gasteiger charge is -2.05. The number of fused-ring (bicyclic) bond motifs is 1. The zero-order chi connectivity index (χ0) is 13.2. The molecule has 0 N–H and O–H groups in total. The summed E-state index contributed by atoms with van der Waals surface area (Å²) >= 11 is 5.90. The maximum absolute atomic E-state index is 5.90. The van der Waals surface area contributed by atoms with Gasteiger partial charge in [-0.3, -0.25) is 4.68 Å². The third kappa shape index (κ3) is 2.37. The predicted molar refractivity (Wildman–Crippen MR) is 72.5 cm³/mol. The van der Waals surface area contributed by atoms with Crippen molar-refractivity contribution in [1.82, 2.24) is 19.7 Å². The summed E-state index contributed by atoms with van der Waals surface area (Å²) in [6, 6.07) is 7.56. The number of aryl methyl sites for hydroxylation is 1. The van der Waals surface area contributed by atoms with Gasteiger partial charge in [-0.1, -0.05) is 12.1 Å². The van der Waals surface area contributed by atoms with Gasteiger partial charge in [-0.2, -0.15) is 10.1 Å². The highest BCUT2D eigenvalue weighted by molar-refractivity contribution is 6.28. The Labute approximate surface area is 114 Å². The van der Waals surface area contributed by atoms with Crippen molar-refractivity contribution in [3.05, 3.63) is 41.9 Å². The highest BCUT2D eigenvalue weighted by Crippen LogP contribution is 2.27. The summed E-state index contributed by atoms with van der Waals surface area (Å²) in [5, 5.41) is 5.13. The van der Waals surface area contributed by atoms with Gasteiger partial charge in [0.25, 0.3) is 0 Å². The smallest absolute Gasteiger partial charge is 0.231 e. The molecule has 0 spiro atoms. The van der Waals surface area contributed by atoms with E-state index >= 15 is 0 Å². The lowest BCUT2D eigenvalue weighted by Crippen LogP contribution is -1.93. The van der Waals surface area contributed by atoms with Crippen LogP contribution in [0.25, 0.3) is 10.9 Å². The van der Waals surface area contributed by atoms with Crippen LogP contribution in [0.5, 0.6) is 11.6 Å². The zero-order valence-electron chi connectivity index (χ0n) is 10.2. The molecule has 0 amide bonds. The standard InChI is InChI=1S/C13H11ClN4O/c1-2-18-8-9(7-15-18)19-12-10-5-3-4-6-11(10)16-13(14)17-12/h3-8H,2H2,1H3. The van der Waals surface area contributed by atoms with E-state index in [1.807, 2.05) is 37.4 Å². The van der Waals surface area contributed by atoms with Crippen LogP contribution in [0, 0.1) is 0 Å². The van der Waals surface area contributed by atoms with Crippen LogP contribution in [0.2, 0.25) is 5.28 Å². The quantitative estimate of drug-likeness (QED) is 0.688. The SMILES string of the molecule is CCn1cc(Oc2nc(Cl)nc3ccccc23)cn1. The number of nitrogens with zero attached hydrogens (tertiary/aromatic N) is 4. The van der Waals surface area contributed by atoms with Crippen molar-refractivity contribution in [2.75, 3.05) is 0 Å². The minimum absolute atomic E-state index is 0.164. The van der Waals surface area contributed by atoms with Gasteiger partial charge in [0.1, 0.15) is 0 Å². The van der Waals surface area contributed by atoms with Crippen LogP contribution in [0.3, 0.4) is 0 Å². The number of halogens is 1. The van der Waals surface area contributed by atoms with E-state index in [2.05, 4.69) is 15.1 Å². The molecular formula is C13H11ClN4O. The van der Waals surface area contributed by atoms with Gasteiger partial charge in [0.05, 0.1) is 23.3 Å². The van der Waals surface area contributed by atoms with Gasteiger partial charge in [-0.15, -0.1) is 0 Å². The molecule has 2 aromatic heterocycles. The summed E-state index contributed by atoms with van der Waals surface area (Å²) in [5.41, 5.74) is 0.750. The average Bonchev–Trinajstić information content (AvgIpc) is 2.86. The Balaban J connectivity index is 2.04. The van der Waals surface area contributed by atoms with Gasteiger partial charge in [0.15, 0.2) is 5.75 Å². The molecule has 0 bridgehead atoms. The normalized spacial score (nSPS) is 10.8. The van der Waals surface area contributed by atoms with Crippen molar-refractivity contribution in [1.29, 1.82) is 0 Å². The van der Waals surface area contributed by atoms with Crippen LogP contribution in [0.4, 0.5) is 0 Å². The third-order valence-corrected chi connectivity index (χ3v) is 2.86. The molecule has 3 rings (SSSR count). The lowest BCUT2D eigenvalue weighted by molar-refractivity contribution is 0.467. The molecule has 19 heavy (non-hydrogen) atoms. The van der Waals surface area contributed by atoms with E-state index < -0.39 is 0 Å². The summed E-state index contributed by atoms with van der Waals surface area (Å²) in [5.74, 6) is 1.06. The topological polar surface area (TPSA) is 52.8 Å². The fourth-order valence-electron chi connectivity index (χ4n) is 1.78. The van der Waals surface area contributed by atoms with E-state index in [1.54, 1.807) is 10.9 Å². The van der Waals surface area contributed by atoms with Crippen LogP contribution in [-0.2, 0) is 6.54 Å². The minimum Gasteiger partial charge on any atom is -0.435 e. The first kappa shape index (κ1) is 11.9. The first-order valence-corrected chi connectivity index (χ1v) is 6.26. The van der Waals surface area contributed by atoms with Crippen LogP contribution in [-0.4, -0.2) is 19.7 Å². The molecule has 0 unspecified atom stereocenters. The summed E-state index contributed by atoms with van der Waals surface area (Å²) in [4.78, 5) is 8.28. The first-order chi connectivity index (χ1) is 9.26. The van der Waals surface area contributed by atoms with Gasteiger partial charge in [0.2, 0.25) is 11.2 Å². The number of hydrogen-bond donors (Lipinski definition) is 0. The summed E-state index contributed by atoms with van der Waals surface area (Å²) < 4.78 is 7.51. The minimum atomic E-state index is 0.164. The van der Waals surface area contributed by atoms with Crippen LogP contribution in [0.1, 0.15) is 6.92 Å². The Bertz CT molecular complexity index is 725.